The van der Waals surface area contributed by atoms with Crippen molar-refractivity contribution in [2.45, 2.75) is 19.0 Å². The number of hydrogen-bond acceptors (Lipinski definition) is 3. The van der Waals surface area contributed by atoms with E-state index in [0.29, 0.717) is 5.56 Å². The number of halogens is 3. The van der Waals surface area contributed by atoms with Crippen molar-refractivity contribution in [3.8, 4) is 0 Å². The van der Waals surface area contributed by atoms with Crippen molar-refractivity contribution in [2.75, 3.05) is 0 Å². The van der Waals surface area contributed by atoms with Gasteiger partial charge in [0.15, 0.2) is 0 Å². The molecule has 1 aromatic heterocycles. The molecule has 1 aliphatic rings. The van der Waals surface area contributed by atoms with E-state index >= 15 is 0 Å². The Morgan fingerprint density at radius 1 is 1.40 bits per heavy atom. The highest BCUT2D eigenvalue weighted by atomic mass is 19.4. The minimum Gasteiger partial charge on any atom is -0.469 e. The molecule has 1 unspecified atom stereocenters. The van der Waals surface area contributed by atoms with Gasteiger partial charge in [-0.15, -0.1) is 0 Å². The first-order chi connectivity index (χ1) is 7.02. The van der Waals surface area contributed by atoms with E-state index in [9.17, 15) is 13.2 Å². The second kappa shape index (κ2) is 3.29. The monoisotopic (exact) mass is 219 g/mol. The Hall–Kier alpha value is -1.46. The Bertz CT molecular complexity index is 394. The molecule has 0 saturated carbocycles. The highest BCUT2D eigenvalue weighted by molar-refractivity contribution is 6.02. The quantitative estimate of drug-likeness (QED) is 0.538. The van der Waals surface area contributed by atoms with Gasteiger partial charge < -0.3 is 9.62 Å². The molecule has 1 atom stereocenters. The zero-order valence-electron chi connectivity index (χ0n) is 7.58. The zero-order chi connectivity index (χ0) is 11.1. The van der Waals surface area contributed by atoms with Crippen LogP contribution in [0.2, 0.25) is 0 Å². The largest absolute Gasteiger partial charge is 0.469 e. The average Bonchev–Trinajstić information content (AvgIpc) is 2.62. The third-order valence-electron chi connectivity index (χ3n) is 2.51. The molecular formula is C9H8F3NO2. The predicted molar refractivity (Wildman–Crippen MR) is 44.9 cm³/mol. The second-order valence-electron chi connectivity index (χ2n) is 3.45. The lowest BCUT2D eigenvalue weighted by Crippen LogP contribution is -2.31. The van der Waals surface area contributed by atoms with Gasteiger partial charge >= 0.3 is 6.18 Å². The van der Waals surface area contributed by atoms with Crippen molar-refractivity contribution < 1.29 is 22.8 Å². The lowest BCUT2D eigenvalue weighted by Gasteiger charge is -2.23. The van der Waals surface area contributed by atoms with Crippen molar-refractivity contribution in [2.24, 2.45) is 11.1 Å². The molecule has 0 aromatic carbocycles. The Labute approximate surface area is 83.2 Å². The number of nitrogens with zero attached hydrogens (tertiary/aromatic N) is 1. The van der Waals surface area contributed by atoms with Gasteiger partial charge in [-0.1, -0.05) is 5.16 Å². The molecule has 0 aliphatic heterocycles. The maximum Gasteiger partial charge on any atom is 0.392 e. The number of furan rings is 1. The van der Waals surface area contributed by atoms with Crippen molar-refractivity contribution >= 4 is 5.71 Å². The lowest BCUT2D eigenvalue weighted by atomic mass is 9.86. The Morgan fingerprint density at radius 2 is 2.13 bits per heavy atom. The van der Waals surface area contributed by atoms with E-state index in [1.165, 1.54) is 12.3 Å². The molecule has 0 amide bonds. The van der Waals surface area contributed by atoms with Gasteiger partial charge in [0.05, 0.1) is 17.9 Å². The van der Waals surface area contributed by atoms with E-state index in [0.717, 1.165) is 0 Å². The maximum atomic E-state index is 12.5. The minimum absolute atomic E-state index is 0.0346. The molecule has 15 heavy (non-hydrogen) atoms. The van der Waals surface area contributed by atoms with Crippen LogP contribution in [0.1, 0.15) is 17.7 Å². The van der Waals surface area contributed by atoms with Gasteiger partial charge in [0.2, 0.25) is 0 Å². The van der Waals surface area contributed by atoms with E-state index in [-0.39, 0.29) is 24.3 Å². The third kappa shape index (κ3) is 1.71. The number of hydrogen-bond donors (Lipinski definition) is 1. The second-order valence-corrected chi connectivity index (χ2v) is 3.45. The fourth-order valence-corrected chi connectivity index (χ4v) is 1.72. The molecule has 3 nitrogen and oxygen atoms in total. The fraction of sp³-hybridized carbons (Fsp3) is 0.444. The summed E-state index contributed by atoms with van der Waals surface area (Å²) in [7, 11) is 0. The van der Waals surface area contributed by atoms with Gasteiger partial charge in [0.1, 0.15) is 5.76 Å². The molecule has 0 bridgehead atoms. The highest BCUT2D eigenvalue weighted by Gasteiger charge is 2.44. The normalized spacial score (nSPS) is 24.2. The molecule has 0 spiro atoms. The summed E-state index contributed by atoms with van der Waals surface area (Å²) in [6.07, 6.45) is -3.48. The molecule has 1 aliphatic carbocycles. The van der Waals surface area contributed by atoms with Gasteiger partial charge in [-0.2, -0.15) is 13.2 Å². The maximum absolute atomic E-state index is 12.5. The predicted octanol–water partition coefficient (Wildman–Crippen LogP) is 2.58. The van der Waals surface area contributed by atoms with Crippen LogP contribution in [0.25, 0.3) is 0 Å². The van der Waals surface area contributed by atoms with E-state index in [1.807, 2.05) is 0 Å². The van der Waals surface area contributed by atoms with Crippen LogP contribution in [0.15, 0.2) is 21.9 Å². The fourth-order valence-electron chi connectivity index (χ4n) is 1.72. The van der Waals surface area contributed by atoms with Crippen molar-refractivity contribution in [3.05, 3.63) is 23.7 Å². The summed E-state index contributed by atoms with van der Waals surface area (Å²) < 4.78 is 42.3. The molecule has 0 saturated heterocycles. The van der Waals surface area contributed by atoms with Gasteiger partial charge in [0.25, 0.3) is 0 Å². The van der Waals surface area contributed by atoms with E-state index < -0.39 is 12.1 Å². The van der Waals surface area contributed by atoms with Crippen LogP contribution < -0.4 is 0 Å². The molecule has 1 heterocycles. The number of alkyl halides is 3. The summed E-state index contributed by atoms with van der Waals surface area (Å²) in [5.41, 5.74) is 0.505. The molecule has 6 heteroatoms. The van der Waals surface area contributed by atoms with E-state index in [2.05, 4.69) is 5.16 Å². The molecule has 1 N–H and O–H groups in total. The van der Waals surface area contributed by atoms with Crippen LogP contribution in [-0.2, 0) is 6.42 Å². The summed E-state index contributed by atoms with van der Waals surface area (Å²) in [5, 5.41) is 11.5. The molecule has 0 fully saturated rings. The van der Waals surface area contributed by atoms with Crippen molar-refractivity contribution in [1.29, 1.82) is 0 Å². The van der Waals surface area contributed by atoms with Gasteiger partial charge in [0, 0.05) is 18.4 Å². The van der Waals surface area contributed by atoms with Gasteiger partial charge in [-0.05, 0) is 6.07 Å². The van der Waals surface area contributed by atoms with Gasteiger partial charge in [-0.25, -0.2) is 0 Å². The van der Waals surface area contributed by atoms with Crippen molar-refractivity contribution in [3.63, 3.8) is 0 Å². The van der Waals surface area contributed by atoms with Crippen LogP contribution in [-0.4, -0.2) is 17.1 Å². The SMILES string of the molecule is ON=C1CC(C(F)(F)F)Cc2occc21. The third-order valence-corrected chi connectivity index (χ3v) is 2.51. The number of fused-ring (bicyclic) bond motifs is 1. The molecule has 0 radical (unpaired) electrons. The Morgan fingerprint density at radius 3 is 2.73 bits per heavy atom. The Balaban J connectivity index is 2.35. The first-order valence-corrected chi connectivity index (χ1v) is 4.36. The van der Waals surface area contributed by atoms with Crippen molar-refractivity contribution in [1.82, 2.24) is 0 Å². The van der Waals surface area contributed by atoms with Crippen LogP contribution >= 0.6 is 0 Å². The van der Waals surface area contributed by atoms with Gasteiger partial charge in [-0.3, -0.25) is 0 Å². The average molecular weight is 219 g/mol. The summed E-state index contributed by atoms with van der Waals surface area (Å²) in [6, 6.07) is 1.51. The van der Waals surface area contributed by atoms with E-state index in [1.54, 1.807) is 0 Å². The summed E-state index contributed by atoms with van der Waals surface area (Å²) in [5.74, 6) is -1.29. The number of rotatable bonds is 0. The molecular weight excluding hydrogens is 211 g/mol. The summed E-state index contributed by atoms with van der Waals surface area (Å²) in [6.45, 7) is 0. The van der Waals surface area contributed by atoms with Crippen LogP contribution in [0.3, 0.4) is 0 Å². The highest BCUT2D eigenvalue weighted by Crippen LogP contribution is 2.37. The topological polar surface area (TPSA) is 45.7 Å². The first-order valence-electron chi connectivity index (χ1n) is 4.36. The standard InChI is InChI=1S/C9H8F3NO2/c10-9(11,12)5-3-7(13-14)6-1-2-15-8(6)4-5/h1-2,5,14H,3-4H2. The summed E-state index contributed by atoms with van der Waals surface area (Å²) in [4.78, 5) is 0. The van der Waals surface area contributed by atoms with Crippen LogP contribution in [0.5, 0.6) is 0 Å². The molecule has 82 valence electrons. The zero-order valence-corrected chi connectivity index (χ0v) is 7.58. The Kier molecular flexibility index (Phi) is 2.21. The molecule has 1 aromatic rings. The minimum atomic E-state index is -4.29. The number of oxime groups is 1. The van der Waals surface area contributed by atoms with Crippen LogP contribution in [0, 0.1) is 5.92 Å². The summed E-state index contributed by atoms with van der Waals surface area (Å²) >= 11 is 0. The van der Waals surface area contributed by atoms with E-state index in [4.69, 9.17) is 9.62 Å². The first kappa shape index (κ1) is 10.1. The molecule has 2 rings (SSSR count). The van der Waals surface area contributed by atoms with Crippen LogP contribution in [0.4, 0.5) is 13.2 Å². The lowest BCUT2D eigenvalue weighted by molar-refractivity contribution is -0.173. The smallest absolute Gasteiger partial charge is 0.392 e.